The Bertz CT molecular complexity index is 631. The largest absolute Gasteiger partial charge is 0.467 e. The summed E-state index contributed by atoms with van der Waals surface area (Å²) in [5.74, 6) is 2.15. The van der Waals surface area contributed by atoms with Crippen molar-refractivity contribution in [3.05, 3.63) is 46.5 Å². The van der Waals surface area contributed by atoms with Crippen LogP contribution in [0.1, 0.15) is 12.7 Å². The van der Waals surface area contributed by atoms with Gasteiger partial charge in [0.05, 0.1) is 16.3 Å². The van der Waals surface area contributed by atoms with Gasteiger partial charge in [0.2, 0.25) is 0 Å². The molecule has 124 valence electrons. The van der Waals surface area contributed by atoms with Gasteiger partial charge in [0.15, 0.2) is 5.96 Å². The smallest absolute Gasteiger partial charge is 0.191 e. The standard InChI is InChI=1S/C15H19Cl2N5O/c1-2-18-15(22-10-12-4-3-7-23-12)20-6-5-19-14-13(17)8-11(16)9-21-14/h3-4,7-9H,2,5-6,10H2,1H3,(H,19,21)(H2,18,20,22). The average molecular weight is 356 g/mol. The molecular weight excluding hydrogens is 337 g/mol. The van der Waals surface area contributed by atoms with E-state index in [0.717, 1.165) is 18.3 Å². The quantitative estimate of drug-likeness (QED) is 0.404. The molecule has 0 aliphatic carbocycles. The van der Waals surface area contributed by atoms with Gasteiger partial charge in [0.1, 0.15) is 18.1 Å². The molecule has 0 unspecified atom stereocenters. The summed E-state index contributed by atoms with van der Waals surface area (Å²) in [6.45, 7) is 4.58. The second-order valence-electron chi connectivity index (χ2n) is 4.61. The van der Waals surface area contributed by atoms with Crippen LogP contribution in [0, 0.1) is 0 Å². The molecule has 0 amide bonds. The summed E-state index contributed by atoms with van der Waals surface area (Å²) >= 11 is 11.9. The number of anilines is 1. The van der Waals surface area contributed by atoms with E-state index in [-0.39, 0.29) is 0 Å². The molecule has 0 saturated heterocycles. The van der Waals surface area contributed by atoms with Crippen molar-refractivity contribution in [2.24, 2.45) is 4.99 Å². The molecule has 8 heteroatoms. The Morgan fingerprint density at radius 3 is 2.87 bits per heavy atom. The third-order valence-corrected chi connectivity index (χ3v) is 3.33. The molecule has 0 bridgehead atoms. The van der Waals surface area contributed by atoms with Crippen molar-refractivity contribution >= 4 is 35.0 Å². The summed E-state index contributed by atoms with van der Waals surface area (Å²) in [6, 6.07) is 5.39. The van der Waals surface area contributed by atoms with Crippen molar-refractivity contribution in [2.75, 3.05) is 25.0 Å². The number of aliphatic imine (C=N–C) groups is 1. The maximum atomic E-state index is 6.05. The highest BCUT2D eigenvalue weighted by Gasteiger charge is 2.03. The second-order valence-corrected chi connectivity index (χ2v) is 5.46. The lowest BCUT2D eigenvalue weighted by molar-refractivity contribution is 0.512. The van der Waals surface area contributed by atoms with E-state index in [4.69, 9.17) is 27.6 Å². The minimum atomic E-state index is 0.486. The molecule has 0 saturated carbocycles. The van der Waals surface area contributed by atoms with Gasteiger partial charge in [-0.25, -0.2) is 9.98 Å². The van der Waals surface area contributed by atoms with Gasteiger partial charge in [-0.3, -0.25) is 0 Å². The third kappa shape index (κ3) is 6.00. The van der Waals surface area contributed by atoms with E-state index < -0.39 is 0 Å². The van der Waals surface area contributed by atoms with Crippen molar-refractivity contribution in [1.82, 2.24) is 15.6 Å². The number of nitrogens with one attached hydrogen (secondary N) is 3. The fourth-order valence-corrected chi connectivity index (χ4v) is 2.25. The first kappa shape index (κ1) is 17.4. The van der Waals surface area contributed by atoms with Gasteiger partial charge in [0, 0.05) is 25.8 Å². The van der Waals surface area contributed by atoms with Crippen molar-refractivity contribution in [3.63, 3.8) is 0 Å². The fourth-order valence-electron chi connectivity index (χ4n) is 1.81. The summed E-state index contributed by atoms with van der Waals surface area (Å²) < 4.78 is 5.26. The Hall–Kier alpha value is -1.92. The predicted molar refractivity (Wildman–Crippen MR) is 94.3 cm³/mol. The minimum absolute atomic E-state index is 0.486. The molecule has 0 fully saturated rings. The fraction of sp³-hybridized carbons (Fsp3) is 0.333. The molecular formula is C15H19Cl2N5O. The molecule has 2 rings (SSSR count). The molecule has 2 aromatic heterocycles. The van der Waals surface area contributed by atoms with E-state index in [0.29, 0.717) is 35.5 Å². The van der Waals surface area contributed by atoms with Crippen molar-refractivity contribution in [1.29, 1.82) is 0 Å². The van der Waals surface area contributed by atoms with E-state index >= 15 is 0 Å². The lowest BCUT2D eigenvalue weighted by Gasteiger charge is -2.12. The van der Waals surface area contributed by atoms with E-state index in [1.165, 1.54) is 0 Å². The zero-order chi connectivity index (χ0) is 16.5. The van der Waals surface area contributed by atoms with Gasteiger partial charge in [-0.15, -0.1) is 0 Å². The number of rotatable bonds is 7. The Balaban J connectivity index is 1.78. The average Bonchev–Trinajstić information content (AvgIpc) is 3.04. The SMILES string of the molecule is CCNC(=NCc1ccco1)NCCNc1ncc(Cl)cc1Cl. The van der Waals surface area contributed by atoms with Gasteiger partial charge >= 0.3 is 0 Å². The van der Waals surface area contributed by atoms with Crippen LogP contribution in [0.15, 0.2) is 40.1 Å². The van der Waals surface area contributed by atoms with E-state index in [9.17, 15) is 0 Å². The molecule has 0 radical (unpaired) electrons. The van der Waals surface area contributed by atoms with Crippen molar-refractivity contribution in [2.45, 2.75) is 13.5 Å². The van der Waals surface area contributed by atoms with E-state index in [2.05, 4.69) is 25.9 Å². The topological polar surface area (TPSA) is 74.5 Å². The number of hydrogen-bond acceptors (Lipinski definition) is 4. The maximum absolute atomic E-state index is 6.05. The summed E-state index contributed by atoms with van der Waals surface area (Å²) in [5, 5.41) is 10.5. The molecule has 0 spiro atoms. The van der Waals surface area contributed by atoms with Crippen molar-refractivity contribution < 1.29 is 4.42 Å². The minimum Gasteiger partial charge on any atom is -0.467 e. The molecule has 2 aromatic rings. The lowest BCUT2D eigenvalue weighted by Crippen LogP contribution is -2.39. The number of pyridine rings is 1. The number of hydrogen-bond donors (Lipinski definition) is 3. The Kier molecular flexibility index (Phi) is 7.03. The van der Waals surface area contributed by atoms with E-state index in [1.54, 1.807) is 18.5 Å². The summed E-state index contributed by atoms with van der Waals surface area (Å²) in [5.41, 5.74) is 0. The summed E-state index contributed by atoms with van der Waals surface area (Å²) in [4.78, 5) is 8.58. The highest BCUT2D eigenvalue weighted by molar-refractivity contribution is 6.35. The first-order chi connectivity index (χ1) is 11.2. The Morgan fingerprint density at radius 2 is 2.17 bits per heavy atom. The first-order valence-electron chi connectivity index (χ1n) is 7.28. The van der Waals surface area contributed by atoms with Crippen LogP contribution >= 0.6 is 23.2 Å². The Labute approximate surface area is 145 Å². The number of furan rings is 1. The second kappa shape index (κ2) is 9.27. The van der Waals surface area contributed by atoms with Gasteiger partial charge < -0.3 is 20.4 Å². The summed E-state index contributed by atoms with van der Waals surface area (Å²) in [6.07, 6.45) is 3.19. The van der Waals surface area contributed by atoms with Gasteiger partial charge in [-0.1, -0.05) is 23.2 Å². The zero-order valence-corrected chi connectivity index (χ0v) is 14.3. The van der Waals surface area contributed by atoms with E-state index in [1.807, 2.05) is 19.1 Å². The van der Waals surface area contributed by atoms with Gasteiger partial charge in [0.25, 0.3) is 0 Å². The molecule has 2 heterocycles. The van der Waals surface area contributed by atoms with Crippen LogP contribution in [-0.4, -0.2) is 30.6 Å². The third-order valence-electron chi connectivity index (χ3n) is 2.84. The first-order valence-corrected chi connectivity index (χ1v) is 8.04. The highest BCUT2D eigenvalue weighted by atomic mass is 35.5. The zero-order valence-electron chi connectivity index (χ0n) is 12.8. The molecule has 0 aliphatic heterocycles. The maximum Gasteiger partial charge on any atom is 0.191 e. The van der Waals surface area contributed by atoms with Crippen LogP contribution in [-0.2, 0) is 6.54 Å². The number of nitrogens with zero attached hydrogens (tertiary/aromatic N) is 2. The van der Waals surface area contributed by atoms with Crippen LogP contribution in [0.4, 0.5) is 5.82 Å². The highest BCUT2D eigenvalue weighted by Crippen LogP contribution is 2.21. The van der Waals surface area contributed by atoms with Crippen LogP contribution in [0.25, 0.3) is 0 Å². The summed E-state index contributed by atoms with van der Waals surface area (Å²) in [7, 11) is 0. The van der Waals surface area contributed by atoms with Crippen LogP contribution in [0.2, 0.25) is 10.0 Å². The molecule has 3 N–H and O–H groups in total. The number of guanidine groups is 1. The predicted octanol–water partition coefficient (Wildman–Crippen LogP) is 3.15. The molecule has 0 aromatic carbocycles. The van der Waals surface area contributed by atoms with Crippen LogP contribution < -0.4 is 16.0 Å². The Morgan fingerprint density at radius 1 is 1.30 bits per heavy atom. The molecule has 23 heavy (non-hydrogen) atoms. The van der Waals surface area contributed by atoms with Crippen LogP contribution in [0.5, 0.6) is 0 Å². The molecule has 0 aliphatic rings. The molecule has 6 nitrogen and oxygen atoms in total. The normalized spacial score (nSPS) is 11.3. The number of halogens is 2. The lowest BCUT2D eigenvalue weighted by atomic mass is 10.4. The number of aromatic nitrogens is 1. The van der Waals surface area contributed by atoms with Crippen LogP contribution in [0.3, 0.4) is 0 Å². The van der Waals surface area contributed by atoms with Crippen molar-refractivity contribution in [3.8, 4) is 0 Å². The molecule has 0 atom stereocenters. The monoisotopic (exact) mass is 355 g/mol. The van der Waals surface area contributed by atoms with Gasteiger partial charge in [-0.05, 0) is 25.1 Å². The van der Waals surface area contributed by atoms with Gasteiger partial charge in [-0.2, -0.15) is 0 Å².